The lowest BCUT2D eigenvalue weighted by atomic mass is 10.2. The van der Waals surface area contributed by atoms with Crippen LogP contribution in [0.2, 0.25) is 10.0 Å². The summed E-state index contributed by atoms with van der Waals surface area (Å²) in [5, 5.41) is 3.09. The maximum Gasteiger partial charge on any atom is 0.313 e. The van der Waals surface area contributed by atoms with Gasteiger partial charge < -0.3 is 10.2 Å². The van der Waals surface area contributed by atoms with Gasteiger partial charge in [-0.2, -0.15) is 0 Å². The van der Waals surface area contributed by atoms with Crippen molar-refractivity contribution in [2.24, 2.45) is 0 Å². The zero-order chi connectivity index (χ0) is 17.2. The van der Waals surface area contributed by atoms with Gasteiger partial charge in [-0.05, 0) is 31.5 Å². The number of likely N-dealkylation sites (N-methyl/N-ethyl adjacent to an activating group) is 1. The molecule has 1 fully saturated rings. The van der Waals surface area contributed by atoms with Crippen molar-refractivity contribution in [2.45, 2.75) is 19.4 Å². The molecule has 9 heteroatoms. The lowest BCUT2D eigenvalue weighted by molar-refractivity contribution is -0.144. The Hall–Kier alpha value is -1.31. The van der Waals surface area contributed by atoms with E-state index in [2.05, 4.69) is 5.32 Å². The Morgan fingerprint density at radius 3 is 2.35 bits per heavy atom. The second-order valence-corrected chi connectivity index (χ2v) is 8.36. The van der Waals surface area contributed by atoms with Crippen molar-refractivity contribution >= 4 is 50.5 Å². The van der Waals surface area contributed by atoms with Crippen LogP contribution >= 0.6 is 23.2 Å². The lowest BCUT2D eigenvalue weighted by Crippen LogP contribution is -2.46. The monoisotopic (exact) mass is 378 g/mol. The topological polar surface area (TPSA) is 83.6 Å². The fourth-order valence-electron chi connectivity index (χ4n) is 2.53. The Bertz CT molecular complexity index is 716. The molecule has 1 aromatic rings. The first-order chi connectivity index (χ1) is 10.7. The number of amides is 2. The third-order valence-corrected chi connectivity index (χ3v) is 5.75. The third-order valence-electron chi connectivity index (χ3n) is 3.57. The molecule has 0 aromatic heterocycles. The Morgan fingerprint density at radius 2 is 1.87 bits per heavy atom. The maximum absolute atomic E-state index is 12.3. The van der Waals surface area contributed by atoms with Crippen molar-refractivity contribution in [1.29, 1.82) is 0 Å². The summed E-state index contributed by atoms with van der Waals surface area (Å²) in [6, 6.07) is 3.97. The van der Waals surface area contributed by atoms with Crippen molar-refractivity contribution in [3.05, 3.63) is 28.2 Å². The number of carbonyl (C=O) groups is 2. The van der Waals surface area contributed by atoms with Gasteiger partial charge in [0.15, 0.2) is 9.84 Å². The summed E-state index contributed by atoms with van der Waals surface area (Å²) in [6.45, 7) is 1.95. The summed E-state index contributed by atoms with van der Waals surface area (Å²) in [7, 11) is -3.14. The van der Waals surface area contributed by atoms with E-state index in [4.69, 9.17) is 23.2 Å². The lowest BCUT2D eigenvalue weighted by Gasteiger charge is -2.26. The van der Waals surface area contributed by atoms with Crippen LogP contribution in [-0.4, -0.2) is 49.2 Å². The van der Waals surface area contributed by atoms with Crippen LogP contribution in [0.4, 0.5) is 5.69 Å². The van der Waals surface area contributed by atoms with Gasteiger partial charge in [0.2, 0.25) is 0 Å². The fraction of sp³-hybridized carbons (Fsp3) is 0.429. The standard InChI is InChI=1S/C14H16Cl2N2O4S/c1-2-18(12-3-4-23(21,22)8-12)14(20)13(19)17-11-6-9(15)5-10(16)7-11/h5-7,12H,2-4,8H2,1H3,(H,17,19). The van der Waals surface area contributed by atoms with Crippen LogP contribution in [0.25, 0.3) is 0 Å². The quantitative estimate of drug-likeness (QED) is 0.814. The smallest absolute Gasteiger partial charge is 0.313 e. The minimum absolute atomic E-state index is 0.0347. The SMILES string of the molecule is CCN(C(=O)C(=O)Nc1cc(Cl)cc(Cl)c1)C1CCS(=O)(=O)C1. The van der Waals surface area contributed by atoms with Crippen LogP contribution in [0.1, 0.15) is 13.3 Å². The first-order valence-electron chi connectivity index (χ1n) is 7.00. The van der Waals surface area contributed by atoms with E-state index in [1.807, 2.05) is 0 Å². The highest BCUT2D eigenvalue weighted by molar-refractivity contribution is 7.91. The van der Waals surface area contributed by atoms with Gasteiger partial charge in [0.05, 0.1) is 11.5 Å². The van der Waals surface area contributed by atoms with E-state index in [0.717, 1.165) is 0 Å². The van der Waals surface area contributed by atoms with Gasteiger partial charge in [-0.3, -0.25) is 9.59 Å². The number of carbonyl (C=O) groups excluding carboxylic acids is 2. The van der Waals surface area contributed by atoms with Crippen LogP contribution in [0.3, 0.4) is 0 Å². The number of hydrogen-bond donors (Lipinski definition) is 1. The molecule has 0 saturated carbocycles. The third kappa shape index (κ3) is 4.59. The summed E-state index contributed by atoms with van der Waals surface area (Å²) in [4.78, 5) is 25.7. The molecule has 1 aromatic carbocycles. The Labute approximate surface area is 144 Å². The zero-order valence-electron chi connectivity index (χ0n) is 12.4. The van der Waals surface area contributed by atoms with Gasteiger partial charge in [-0.25, -0.2) is 8.42 Å². The number of halogens is 2. The minimum atomic E-state index is -3.14. The van der Waals surface area contributed by atoms with Crippen molar-refractivity contribution in [2.75, 3.05) is 23.4 Å². The summed E-state index contributed by atoms with van der Waals surface area (Å²) in [5.74, 6) is -1.70. The predicted molar refractivity (Wildman–Crippen MR) is 89.5 cm³/mol. The fourth-order valence-corrected chi connectivity index (χ4v) is 4.79. The highest BCUT2D eigenvalue weighted by Crippen LogP contribution is 2.23. The molecule has 1 aliphatic rings. The van der Waals surface area contributed by atoms with E-state index in [0.29, 0.717) is 22.2 Å². The van der Waals surface area contributed by atoms with Gasteiger partial charge in [0.1, 0.15) is 0 Å². The van der Waals surface area contributed by atoms with Crippen molar-refractivity contribution < 1.29 is 18.0 Å². The van der Waals surface area contributed by atoms with E-state index in [9.17, 15) is 18.0 Å². The Morgan fingerprint density at radius 1 is 1.26 bits per heavy atom. The van der Waals surface area contributed by atoms with Crippen molar-refractivity contribution in [3.63, 3.8) is 0 Å². The van der Waals surface area contributed by atoms with E-state index in [1.54, 1.807) is 6.92 Å². The van der Waals surface area contributed by atoms with Gasteiger partial charge in [-0.15, -0.1) is 0 Å². The second-order valence-electron chi connectivity index (χ2n) is 5.26. The molecule has 0 bridgehead atoms. The molecular formula is C14H16Cl2N2O4S. The van der Waals surface area contributed by atoms with Crippen molar-refractivity contribution in [1.82, 2.24) is 4.90 Å². The minimum Gasteiger partial charge on any atom is -0.331 e. The van der Waals surface area contributed by atoms with Gasteiger partial charge in [-0.1, -0.05) is 23.2 Å². The zero-order valence-corrected chi connectivity index (χ0v) is 14.7. The van der Waals surface area contributed by atoms with E-state index < -0.39 is 27.7 Å². The molecule has 23 heavy (non-hydrogen) atoms. The number of sulfone groups is 1. The number of rotatable bonds is 3. The largest absolute Gasteiger partial charge is 0.331 e. The van der Waals surface area contributed by atoms with Crippen molar-refractivity contribution in [3.8, 4) is 0 Å². The van der Waals surface area contributed by atoms with Crippen LogP contribution in [-0.2, 0) is 19.4 Å². The molecule has 1 unspecified atom stereocenters. The van der Waals surface area contributed by atoms with Gasteiger partial charge in [0, 0.05) is 28.3 Å². The number of benzene rings is 1. The maximum atomic E-state index is 12.3. The number of anilines is 1. The Balaban J connectivity index is 2.10. The average molecular weight is 379 g/mol. The summed E-state index contributed by atoms with van der Waals surface area (Å²) < 4.78 is 23.1. The molecule has 1 aliphatic heterocycles. The van der Waals surface area contributed by atoms with E-state index in [1.165, 1.54) is 23.1 Å². The van der Waals surface area contributed by atoms with Crippen LogP contribution in [0, 0.1) is 0 Å². The molecule has 2 amide bonds. The number of nitrogens with one attached hydrogen (secondary N) is 1. The molecule has 2 rings (SSSR count). The highest BCUT2D eigenvalue weighted by Gasteiger charge is 2.35. The molecule has 6 nitrogen and oxygen atoms in total. The average Bonchev–Trinajstić information content (AvgIpc) is 2.78. The molecule has 1 atom stereocenters. The molecular weight excluding hydrogens is 363 g/mol. The molecule has 0 aliphatic carbocycles. The summed E-state index contributed by atoms with van der Waals surface area (Å²) in [6.07, 6.45) is 0.345. The van der Waals surface area contributed by atoms with Crippen LogP contribution in [0.15, 0.2) is 18.2 Å². The highest BCUT2D eigenvalue weighted by atomic mass is 35.5. The Kier molecular flexibility index (Phi) is 5.54. The number of hydrogen-bond acceptors (Lipinski definition) is 4. The molecule has 0 radical (unpaired) electrons. The molecule has 1 heterocycles. The first kappa shape index (κ1) is 18.0. The van der Waals surface area contributed by atoms with Gasteiger partial charge in [0.25, 0.3) is 0 Å². The molecule has 0 spiro atoms. The number of nitrogens with zero attached hydrogens (tertiary/aromatic N) is 1. The second kappa shape index (κ2) is 7.07. The summed E-state index contributed by atoms with van der Waals surface area (Å²) in [5.41, 5.74) is 0.302. The van der Waals surface area contributed by atoms with Crippen LogP contribution in [0.5, 0.6) is 0 Å². The first-order valence-corrected chi connectivity index (χ1v) is 9.58. The molecule has 1 saturated heterocycles. The normalized spacial score (nSPS) is 19.3. The summed E-state index contributed by atoms with van der Waals surface area (Å²) >= 11 is 11.7. The van der Waals surface area contributed by atoms with E-state index >= 15 is 0 Å². The molecule has 126 valence electrons. The molecule has 1 N–H and O–H groups in total. The van der Waals surface area contributed by atoms with E-state index in [-0.39, 0.29) is 18.1 Å². The van der Waals surface area contributed by atoms with Gasteiger partial charge >= 0.3 is 11.8 Å². The predicted octanol–water partition coefficient (Wildman–Crippen LogP) is 1.97. The van der Waals surface area contributed by atoms with Crippen LogP contribution < -0.4 is 5.32 Å².